The van der Waals surface area contributed by atoms with Crippen LogP contribution in [0.3, 0.4) is 0 Å². The molecule has 1 aromatic carbocycles. The number of hydrogen-bond acceptors (Lipinski definition) is 4. The van der Waals surface area contributed by atoms with Crippen molar-refractivity contribution in [1.82, 2.24) is 14.8 Å². The van der Waals surface area contributed by atoms with Crippen molar-refractivity contribution in [3.63, 3.8) is 0 Å². The monoisotopic (exact) mass is 274 g/mol. The van der Waals surface area contributed by atoms with Crippen LogP contribution in [-0.2, 0) is 7.05 Å². The van der Waals surface area contributed by atoms with Crippen molar-refractivity contribution in [3.05, 3.63) is 41.7 Å². The molecule has 0 radical (unpaired) electrons. The molecule has 0 aliphatic rings. The first-order valence-corrected chi connectivity index (χ1v) is 7.25. The van der Waals surface area contributed by atoms with Crippen LogP contribution < -0.4 is 5.73 Å². The Morgan fingerprint density at radius 2 is 2.00 bits per heavy atom. The van der Waals surface area contributed by atoms with Gasteiger partial charge in [-0.1, -0.05) is 48.2 Å². The summed E-state index contributed by atoms with van der Waals surface area (Å²) in [7, 11) is 1.98. The standard InChI is InChI=1S/C14H18N4S/c1-18-13(9-8-12-6-3-2-4-7-12)16-17-14(18)19-11-5-10-15/h2-4,6-9H,5,10-11,15H2,1H3/b9-8+. The molecule has 1 aromatic heterocycles. The van der Waals surface area contributed by atoms with Crippen molar-refractivity contribution < 1.29 is 0 Å². The van der Waals surface area contributed by atoms with E-state index in [-0.39, 0.29) is 0 Å². The van der Waals surface area contributed by atoms with Crippen LogP contribution in [0.25, 0.3) is 12.2 Å². The van der Waals surface area contributed by atoms with E-state index in [1.165, 1.54) is 0 Å². The Morgan fingerprint density at radius 3 is 2.74 bits per heavy atom. The highest BCUT2D eigenvalue weighted by atomic mass is 32.2. The molecule has 0 amide bonds. The molecule has 0 bridgehead atoms. The highest BCUT2D eigenvalue weighted by Gasteiger charge is 2.05. The lowest BCUT2D eigenvalue weighted by atomic mass is 10.2. The van der Waals surface area contributed by atoms with Crippen molar-refractivity contribution >= 4 is 23.9 Å². The maximum atomic E-state index is 5.48. The Balaban J connectivity index is 2.03. The lowest BCUT2D eigenvalue weighted by Gasteiger charge is -2.00. The lowest BCUT2D eigenvalue weighted by Crippen LogP contribution is -2.00. The first-order chi connectivity index (χ1) is 9.31. The van der Waals surface area contributed by atoms with E-state index in [1.54, 1.807) is 11.8 Å². The third-order valence-corrected chi connectivity index (χ3v) is 3.78. The second-order valence-corrected chi connectivity index (χ2v) is 5.20. The Hall–Kier alpha value is -1.59. The molecule has 1 heterocycles. The van der Waals surface area contributed by atoms with Gasteiger partial charge in [-0.3, -0.25) is 0 Å². The first-order valence-electron chi connectivity index (χ1n) is 6.26. The van der Waals surface area contributed by atoms with Gasteiger partial charge in [-0.05, 0) is 24.6 Å². The van der Waals surface area contributed by atoms with Gasteiger partial charge >= 0.3 is 0 Å². The Labute approximate surface area is 117 Å². The molecular formula is C14H18N4S. The molecule has 0 aliphatic carbocycles. The molecule has 100 valence electrons. The van der Waals surface area contributed by atoms with Crippen LogP contribution in [0.2, 0.25) is 0 Å². The van der Waals surface area contributed by atoms with Gasteiger partial charge in [0.25, 0.3) is 0 Å². The van der Waals surface area contributed by atoms with E-state index < -0.39 is 0 Å². The molecule has 0 fully saturated rings. The summed E-state index contributed by atoms with van der Waals surface area (Å²) in [4.78, 5) is 0. The molecule has 4 nitrogen and oxygen atoms in total. The van der Waals surface area contributed by atoms with E-state index in [1.807, 2.05) is 42.0 Å². The molecule has 0 saturated heterocycles. The zero-order valence-electron chi connectivity index (χ0n) is 11.0. The second kappa shape index (κ2) is 7.11. The normalized spacial score (nSPS) is 11.3. The number of hydrogen-bond donors (Lipinski definition) is 1. The van der Waals surface area contributed by atoms with Crippen LogP contribution in [0.15, 0.2) is 35.5 Å². The van der Waals surface area contributed by atoms with Crippen LogP contribution in [0.1, 0.15) is 17.8 Å². The number of nitrogens with two attached hydrogens (primary N) is 1. The third-order valence-electron chi connectivity index (χ3n) is 2.67. The summed E-state index contributed by atoms with van der Waals surface area (Å²) in [5.41, 5.74) is 6.64. The average Bonchev–Trinajstić information content (AvgIpc) is 2.79. The lowest BCUT2D eigenvalue weighted by molar-refractivity contribution is 0.781. The smallest absolute Gasteiger partial charge is 0.191 e. The van der Waals surface area contributed by atoms with Gasteiger partial charge in [-0.25, -0.2) is 0 Å². The molecule has 19 heavy (non-hydrogen) atoms. The maximum Gasteiger partial charge on any atom is 0.191 e. The summed E-state index contributed by atoms with van der Waals surface area (Å²) in [6.07, 6.45) is 5.01. The van der Waals surface area contributed by atoms with E-state index >= 15 is 0 Å². The summed E-state index contributed by atoms with van der Waals surface area (Å²) < 4.78 is 2.00. The fourth-order valence-corrected chi connectivity index (χ4v) is 2.46. The predicted octanol–water partition coefficient (Wildman–Crippen LogP) is 2.43. The summed E-state index contributed by atoms with van der Waals surface area (Å²) >= 11 is 1.69. The Morgan fingerprint density at radius 1 is 1.21 bits per heavy atom. The van der Waals surface area contributed by atoms with Crippen molar-refractivity contribution in [2.45, 2.75) is 11.6 Å². The van der Waals surface area contributed by atoms with Crippen molar-refractivity contribution in [1.29, 1.82) is 0 Å². The summed E-state index contributed by atoms with van der Waals surface area (Å²) in [6, 6.07) is 10.2. The fraction of sp³-hybridized carbons (Fsp3) is 0.286. The van der Waals surface area contributed by atoms with Gasteiger partial charge in [0, 0.05) is 12.8 Å². The van der Waals surface area contributed by atoms with Gasteiger partial charge in [0.05, 0.1) is 0 Å². The predicted molar refractivity (Wildman–Crippen MR) is 80.8 cm³/mol. The minimum absolute atomic E-state index is 0.714. The molecule has 0 spiro atoms. The van der Waals surface area contributed by atoms with Gasteiger partial charge in [0.1, 0.15) is 0 Å². The second-order valence-electron chi connectivity index (χ2n) is 4.13. The van der Waals surface area contributed by atoms with E-state index in [4.69, 9.17) is 5.73 Å². The number of aromatic nitrogens is 3. The largest absolute Gasteiger partial charge is 0.330 e. The van der Waals surface area contributed by atoms with E-state index in [9.17, 15) is 0 Å². The summed E-state index contributed by atoms with van der Waals surface area (Å²) in [5.74, 6) is 1.84. The van der Waals surface area contributed by atoms with Gasteiger partial charge in [-0.2, -0.15) is 0 Å². The molecule has 0 saturated carbocycles. The molecule has 2 N–H and O–H groups in total. The highest BCUT2D eigenvalue weighted by molar-refractivity contribution is 7.99. The number of benzene rings is 1. The molecule has 5 heteroatoms. The molecule has 0 aliphatic heterocycles. The average molecular weight is 274 g/mol. The van der Waals surface area contributed by atoms with Crippen LogP contribution in [0.4, 0.5) is 0 Å². The van der Waals surface area contributed by atoms with Crippen LogP contribution >= 0.6 is 11.8 Å². The number of rotatable bonds is 6. The quantitative estimate of drug-likeness (QED) is 0.649. The molecular weight excluding hydrogens is 256 g/mol. The van der Waals surface area contributed by atoms with Gasteiger partial charge in [-0.15, -0.1) is 10.2 Å². The topological polar surface area (TPSA) is 56.7 Å². The number of nitrogens with zero attached hydrogens (tertiary/aromatic N) is 3. The van der Waals surface area contributed by atoms with Crippen LogP contribution in [-0.4, -0.2) is 27.1 Å². The Kier molecular flexibility index (Phi) is 5.18. The minimum Gasteiger partial charge on any atom is -0.330 e. The van der Waals surface area contributed by atoms with Crippen molar-refractivity contribution in [2.24, 2.45) is 12.8 Å². The van der Waals surface area contributed by atoms with Crippen molar-refractivity contribution in [3.8, 4) is 0 Å². The van der Waals surface area contributed by atoms with E-state index in [0.717, 1.165) is 28.7 Å². The number of thioether (sulfide) groups is 1. The van der Waals surface area contributed by atoms with E-state index in [0.29, 0.717) is 6.54 Å². The van der Waals surface area contributed by atoms with Gasteiger partial charge in [0.15, 0.2) is 11.0 Å². The van der Waals surface area contributed by atoms with Gasteiger partial charge < -0.3 is 10.3 Å². The summed E-state index contributed by atoms with van der Waals surface area (Å²) in [6.45, 7) is 0.714. The molecule has 0 atom stereocenters. The molecule has 0 unspecified atom stereocenters. The minimum atomic E-state index is 0.714. The SMILES string of the molecule is Cn1c(/C=C/c2ccccc2)nnc1SCCCN. The zero-order chi connectivity index (χ0) is 13.5. The molecule has 2 aromatic rings. The van der Waals surface area contributed by atoms with Crippen molar-refractivity contribution in [2.75, 3.05) is 12.3 Å². The molecule has 2 rings (SSSR count). The first kappa shape index (κ1) is 13.8. The highest BCUT2D eigenvalue weighted by Crippen LogP contribution is 2.17. The third kappa shape index (κ3) is 3.94. The van der Waals surface area contributed by atoms with E-state index in [2.05, 4.69) is 22.3 Å². The Bertz CT molecular complexity index is 534. The van der Waals surface area contributed by atoms with Crippen LogP contribution in [0.5, 0.6) is 0 Å². The maximum absolute atomic E-state index is 5.48. The van der Waals surface area contributed by atoms with Crippen LogP contribution in [0, 0.1) is 0 Å². The summed E-state index contributed by atoms with van der Waals surface area (Å²) in [5, 5.41) is 9.30. The van der Waals surface area contributed by atoms with Gasteiger partial charge in [0.2, 0.25) is 0 Å². The zero-order valence-corrected chi connectivity index (χ0v) is 11.8. The fourth-order valence-electron chi connectivity index (χ4n) is 1.58.